The number of aryl methyl sites for hydroxylation is 1. The van der Waals surface area contributed by atoms with Crippen LogP contribution in [0.15, 0.2) is 97.7 Å². The molecule has 1 fully saturated rings. The van der Waals surface area contributed by atoms with Crippen LogP contribution in [0.25, 0.3) is 0 Å². The third kappa shape index (κ3) is 4.82. The van der Waals surface area contributed by atoms with Gasteiger partial charge in [-0.2, -0.15) is 0 Å². The lowest BCUT2D eigenvalue weighted by Crippen LogP contribution is -2.46. The Kier molecular flexibility index (Phi) is 7.90. The first-order chi connectivity index (χ1) is 21.2. The van der Waals surface area contributed by atoms with Crippen molar-refractivity contribution in [3.8, 4) is 5.75 Å². The summed E-state index contributed by atoms with van der Waals surface area (Å²) in [4.78, 5) is 16.2. The molecule has 5 atom stereocenters. The van der Waals surface area contributed by atoms with Crippen LogP contribution in [-0.4, -0.2) is 45.8 Å². The van der Waals surface area contributed by atoms with E-state index in [1.807, 2.05) is 66.7 Å². The zero-order chi connectivity index (χ0) is 31.1. The third-order valence-corrected chi connectivity index (χ3v) is 9.65. The zero-order valence-electron chi connectivity index (χ0n) is 25.8. The number of methoxy groups -OCH3 is 1. The minimum Gasteiger partial charge on any atom is -0.497 e. The summed E-state index contributed by atoms with van der Waals surface area (Å²) in [7, 11) is 1.67. The molecule has 1 amide bonds. The van der Waals surface area contributed by atoms with Gasteiger partial charge in [-0.1, -0.05) is 92.7 Å². The van der Waals surface area contributed by atoms with Gasteiger partial charge in [-0.05, 0) is 41.2 Å². The molecule has 0 radical (unpaired) electrons. The second-order valence-electron chi connectivity index (χ2n) is 12.4. The van der Waals surface area contributed by atoms with Gasteiger partial charge in [0.25, 0.3) is 5.91 Å². The van der Waals surface area contributed by atoms with Gasteiger partial charge >= 0.3 is 0 Å². The van der Waals surface area contributed by atoms with Gasteiger partial charge < -0.3 is 19.5 Å². The predicted molar refractivity (Wildman–Crippen MR) is 169 cm³/mol. The standard InChI is InChI=1S/C36H40N4O4/c1-6-21-40-30-15-11-10-14-28(30)36(34(40)42)24(2)32(35(3,4)26-16-18-27(43-5)19-17-26)31(44-36)20-22-39-23-29(37-38-39)33(41)25-12-8-7-9-13-25/h6-19,23-24,31-33,41H,1,20-22H2,2-5H3/t24-,31+,32-,33+,36+/m0/s1. The van der Waals surface area contributed by atoms with Gasteiger partial charge in [0.05, 0.1) is 25.1 Å². The number of carbonyl (C=O) groups is 1. The maximum Gasteiger partial charge on any atom is 0.264 e. The summed E-state index contributed by atoms with van der Waals surface area (Å²) >= 11 is 0. The van der Waals surface area contributed by atoms with Gasteiger partial charge in [0.1, 0.15) is 17.5 Å². The highest BCUT2D eigenvalue weighted by Crippen LogP contribution is 2.59. The molecular weight excluding hydrogens is 552 g/mol. The summed E-state index contributed by atoms with van der Waals surface area (Å²) in [6, 6.07) is 25.6. The summed E-state index contributed by atoms with van der Waals surface area (Å²) in [6.07, 6.45) is 3.03. The molecule has 6 rings (SSSR count). The molecule has 8 heteroatoms. The summed E-state index contributed by atoms with van der Waals surface area (Å²) < 4.78 is 14.3. The van der Waals surface area contributed by atoms with E-state index in [1.165, 1.54) is 0 Å². The number of hydrogen-bond acceptors (Lipinski definition) is 6. The molecule has 3 heterocycles. The molecule has 0 saturated carbocycles. The number of rotatable bonds is 10. The summed E-state index contributed by atoms with van der Waals surface area (Å²) in [5, 5.41) is 19.5. The first-order valence-electron chi connectivity index (χ1n) is 15.2. The number of anilines is 1. The van der Waals surface area contributed by atoms with Crippen molar-refractivity contribution < 1.29 is 19.4 Å². The second kappa shape index (κ2) is 11.7. The van der Waals surface area contributed by atoms with E-state index >= 15 is 0 Å². The molecule has 1 spiro atoms. The summed E-state index contributed by atoms with van der Waals surface area (Å²) in [5.74, 6) is 0.597. The third-order valence-electron chi connectivity index (χ3n) is 9.65. The number of para-hydroxylation sites is 1. The number of aromatic nitrogens is 3. The average molecular weight is 593 g/mol. The second-order valence-corrected chi connectivity index (χ2v) is 12.4. The number of aliphatic hydroxyl groups is 1. The van der Waals surface area contributed by atoms with E-state index in [9.17, 15) is 9.90 Å². The molecular formula is C36H40N4O4. The Morgan fingerprint density at radius 3 is 2.50 bits per heavy atom. The Labute approximate surface area is 258 Å². The van der Waals surface area contributed by atoms with E-state index in [-0.39, 0.29) is 29.3 Å². The highest BCUT2D eigenvalue weighted by molar-refractivity contribution is 6.07. The SMILES string of the molecule is C=CCN1C(=O)[C@]2(O[C@H](CCn3cc([C@H](O)c4ccccc4)nn3)[C@@H](C(C)(C)c3ccc(OC)cc3)[C@@H]2C)c2ccccc21. The van der Waals surface area contributed by atoms with E-state index in [1.54, 1.807) is 29.0 Å². The van der Waals surface area contributed by atoms with E-state index in [0.717, 1.165) is 28.1 Å². The van der Waals surface area contributed by atoms with Crippen molar-refractivity contribution in [2.45, 2.75) is 57.0 Å². The molecule has 0 bridgehead atoms. The van der Waals surface area contributed by atoms with Crippen molar-refractivity contribution in [3.63, 3.8) is 0 Å². The molecule has 228 valence electrons. The first-order valence-corrected chi connectivity index (χ1v) is 15.2. The average Bonchev–Trinajstić information content (AvgIpc) is 3.71. The molecule has 4 aromatic rings. The van der Waals surface area contributed by atoms with Crippen molar-refractivity contribution in [1.82, 2.24) is 15.0 Å². The Morgan fingerprint density at radius 2 is 1.80 bits per heavy atom. The Hall–Kier alpha value is -4.27. The maximum absolute atomic E-state index is 14.4. The van der Waals surface area contributed by atoms with Crippen LogP contribution in [0.2, 0.25) is 0 Å². The fourth-order valence-corrected chi connectivity index (χ4v) is 7.46. The minimum absolute atomic E-state index is 0.0190. The number of aliphatic hydroxyl groups excluding tert-OH is 1. The van der Waals surface area contributed by atoms with Crippen LogP contribution >= 0.6 is 0 Å². The molecule has 1 aromatic heterocycles. The van der Waals surface area contributed by atoms with E-state index in [2.05, 4.69) is 49.8 Å². The van der Waals surface area contributed by atoms with Crippen molar-refractivity contribution in [3.05, 3.63) is 120 Å². The molecule has 0 unspecified atom stereocenters. The molecule has 1 saturated heterocycles. The smallest absolute Gasteiger partial charge is 0.264 e. The molecule has 44 heavy (non-hydrogen) atoms. The normalized spacial score (nSPS) is 23.6. The number of amides is 1. The van der Waals surface area contributed by atoms with Gasteiger partial charge in [0.2, 0.25) is 0 Å². The van der Waals surface area contributed by atoms with Crippen LogP contribution in [0.3, 0.4) is 0 Å². The molecule has 1 N–H and O–H groups in total. The lowest BCUT2D eigenvalue weighted by atomic mass is 9.63. The lowest BCUT2D eigenvalue weighted by molar-refractivity contribution is -0.146. The van der Waals surface area contributed by atoms with Crippen LogP contribution in [0.4, 0.5) is 5.69 Å². The molecule has 3 aromatic carbocycles. The maximum atomic E-state index is 14.4. The number of hydrogen-bond donors (Lipinski definition) is 1. The predicted octanol–water partition coefficient (Wildman–Crippen LogP) is 5.82. The van der Waals surface area contributed by atoms with Gasteiger partial charge in [0, 0.05) is 30.5 Å². The number of benzene rings is 3. The zero-order valence-corrected chi connectivity index (χ0v) is 25.8. The number of nitrogens with zero attached hydrogens (tertiary/aromatic N) is 4. The monoisotopic (exact) mass is 592 g/mol. The fraction of sp³-hybridized carbons (Fsp3) is 0.361. The van der Waals surface area contributed by atoms with Crippen molar-refractivity contribution in [2.24, 2.45) is 11.8 Å². The van der Waals surface area contributed by atoms with Crippen molar-refractivity contribution in [1.29, 1.82) is 0 Å². The van der Waals surface area contributed by atoms with E-state index < -0.39 is 11.7 Å². The minimum atomic E-state index is -1.12. The largest absolute Gasteiger partial charge is 0.497 e. The van der Waals surface area contributed by atoms with Crippen LogP contribution in [0, 0.1) is 11.8 Å². The molecule has 2 aliphatic heterocycles. The van der Waals surface area contributed by atoms with Crippen LogP contribution in [0.1, 0.15) is 55.7 Å². The van der Waals surface area contributed by atoms with Gasteiger partial charge in [0.15, 0.2) is 5.60 Å². The number of carbonyl (C=O) groups excluding carboxylic acids is 1. The Bertz CT molecular complexity index is 1630. The highest BCUT2D eigenvalue weighted by Gasteiger charge is 2.65. The quantitative estimate of drug-likeness (QED) is 0.234. The highest BCUT2D eigenvalue weighted by atomic mass is 16.5. The van der Waals surface area contributed by atoms with Crippen molar-refractivity contribution >= 4 is 11.6 Å². The van der Waals surface area contributed by atoms with Crippen molar-refractivity contribution in [2.75, 3.05) is 18.6 Å². The Morgan fingerprint density at radius 1 is 1.09 bits per heavy atom. The topological polar surface area (TPSA) is 89.7 Å². The Balaban J connectivity index is 1.35. The summed E-state index contributed by atoms with van der Waals surface area (Å²) in [6.45, 7) is 11.5. The fourth-order valence-electron chi connectivity index (χ4n) is 7.46. The van der Waals surface area contributed by atoms with E-state index in [4.69, 9.17) is 9.47 Å². The lowest BCUT2D eigenvalue weighted by Gasteiger charge is -2.38. The molecule has 8 nitrogen and oxygen atoms in total. The van der Waals surface area contributed by atoms with Gasteiger partial charge in [-0.25, -0.2) is 0 Å². The van der Waals surface area contributed by atoms with Crippen LogP contribution in [0.5, 0.6) is 5.75 Å². The molecule has 2 aliphatic rings. The van der Waals surface area contributed by atoms with Crippen LogP contribution in [-0.2, 0) is 27.1 Å². The first kappa shape index (κ1) is 29.8. The molecule has 0 aliphatic carbocycles. The van der Waals surface area contributed by atoms with Gasteiger partial charge in [-0.15, -0.1) is 11.7 Å². The number of fused-ring (bicyclic) bond motifs is 2. The number of ether oxygens (including phenoxy) is 2. The van der Waals surface area contributed by atoms with Gasteiger partial charge in [-0.3, -0.25) is 9.48 Å². The summed E-state index contributed by atoms with van der Waals surface area (Å²) in [5.41, 5.74) is 2.72. The van der Waals surface area contributed by atoms with E-state index in [0.29, 0.717) is 25.2 Å². The van der Waals surface area contributed by atoms with Crippen LogP contribution < -0.4 is 9.64 Å².